The summed E-state index contributed by atoms with van der Waals surface area (Å²) in [5.74, 6) is -1.58. The number of ether oxygens (including phenoxy) is 1. The van der Waals surface area contributed by atoms with E-state index in [0.717, 1.165) is 12.1 Å². The number of rotatable bonds is 5. The van der Waals surface area contributed by atoms with Crippen LogP contribution >= 0.6 is 0 Å². The summed E-state index contributed by atoms with van der Waals surface area (Å²) >= 11 is 0. The monoisotopic (exact) mass is 242 g/mol. The molecule has 0 saturated carbocycles. The highest BCUT2D eigenvalue weighted by Gasteiger charge is 2.28. The van der Waals surface area contributed by atoms with Gasteiger partial charge in [-0.3, -0.25) is 4.79 Å². The average Bonchev–Trinajstić information content (AvgIpc) is 2.22. The van der Waals surface area contributed by atoms with Gasteiger partial charge in [0.2, 0.25) is 0 Å². The molecule has 0 fully saturated rings. The first-order chi connectivity index (χ1) is 7.86. The van der Waals surface area contributed by atoms with Crippen molar-refractivity contribution >= 4 is 5.78 Å². The Kier molecular flexibility index (Phi) is 4.34. The standard InChI is InChI=1S/C13H16F2O2/c1-4-17-13(2,3)12(16)7-9-5-6-10(14)8-11(9)15/h5-6,8H,4,7H2,1-3H3. The molecule has 0 bridgehead atoms. The minimum atomic E-state index is -0.949. The number of ketones is 1. The molecule has 0 atom stereocenters. The van der Waals surface area contributed by atoms with E-state index >= 15 is 0 Å². The Morgan fingerprint density at radius 2 is 2.00 bits per heavy atom. The van der Waals surface area contributed by atoms with Gasteiger partial charge in [0.1, 0.15) is 17.2 Å². The van der Waals surface area contributed by atoms with E-state index in [1.807, 2.05) is 0 Å². The van der Waals surface area contributed by atoms with Gasteiger partial charge >= 0.3 is 0 Å². The fourth-order valence-corrected chi connectivity index (χ4v) is 1.49. The van der Waals surface area contributed by atoms with Crippen LogP contribution in [0.5, 0.6) is 0 Å². The summed E-state index contributed by atoms with van der Waals surface area (Å²) in [5.41, 5.74) is -0.764. The number of hydrogen-bond donors (Lipinski definition) is 0. The van der Waals surface area contributed by atoms with E-state index in [2.05, 4.69) is 0 Å². The van der Waals surface area contributed by atoms with Crippen molar-refractivity contribution in [2.24, 2.45) is 0 Å². The third-order valence-corrected chi connectivity index (χ3v) is 2.54. The molecule has 4 heteroatoms. The lowest BCUT2D eigenvalue weighted by molar-refractivity contribution is -0.139. The van der Waals surface area contributed by atoms with E-state index in [1.165, 1.54) is 6.07 Å². The Labute approximate surface area is 99.6 Å². The molecular weight excluding hydrogens is 226 g/mol. The van der Waals surface area contributed by atoms with Crippen LogP contribution in [0.3, 0.4) is 0 Å². The second kappa shape index (κ2) is 5.36. The SMILES string of the molecule is CCOC(C)(C)C(=O)Cc1ccc(F)cc1F. The molecular formula is C13H16F2O2. The van der Waals surface area contributed by atoms with Crippen LogP contribution < -0.4 is 0 Å². The molecule has 1 rings (SSSR count). The molecule has 1 aromatic rings. The number of halogens is 2. The molecule has 17 heavy (non-hydrogen) atoms. The lowest BCUT2D eigenvalue weighted by atomic mass is 9.96. The van der Waals surface area contributed by atoms with E-state index in [4.69, 9.17) is 4.74 Å². The normalized spacial score (nSPS) is 11.6. The quantitative estimate of drug-likeness (QED) is 0.793. The molecule has 0 unspecified atom stereocenters. The van der Waals surface area contributed by atoms with Gasteiger partial charge in [0, 0.05) is 19.1 Å². The van der Waals surface area contributed by atoms with E-state index in [9.17, 15) is 13.6 Å². The second-order valence-corrected chi connectivity index (χ2v) is 4.28. The summed E-state index contributed by atoms with van der Waals surface area (Å²) in [5, 5.41) is 0. The smallest absolute Gasteiger partial charge is 0.168 e. The molecule has 1 aromatic carbocycles. The lowest BCUT2D eigenvalue weighted by Gasteiger charge is -2.23. The van der Waals surface area contributed by atoms with Gasteiger partial charge in [-0.2, -0.15) is 0 Å². The molecule has 0 heterocycles. The molecule has 0 aliphatic carbocycles. The molecule has 0 amide bonds. The topological polar surface area (TPSA) is 26.3 Å². The fourth-order valence-electron chi connectivity index (χ4n) is 1.49. The first kappa shape index (κ1) is 13.8. The Bertz CT molecular complexity index is 414. The van der Waals surface area contributed by atoms with Crippen molar-refractivity contribution in [2.45, 2.75) is 32.8 Å². The second-order valence-electron chi connectivity index (χ2n) is 4.28. The molecule has 0 aliphatic heterocycles. The number of Topliss-reactive ketones (excluding diaryl/α,β-unsaturated/α-hetero) is 1. The molecule has 2 nitrogen and oxygen atoms in total. The van der Waals surface area contributed by atoms with Gasteiger partial charge in [-0.25, -0.2) is 8.78 Å². The third-order valence-electron chi connectivity index (χ3n) is 2.54. The van der Waals surface area contributed by atoms with E-state index in [-0.39, 0.29) is 17.8 Å². The largest absolute Gasteiger partial charge is 0.368 e. The molecule has 0 N–H and O–H groups in total. The maximum Gasteiger partial charge on any atom is 0.168 e. The highest BCUT2D eigenvalue weighted by molar-refractivity contribution is 5.88. The van der Waals surface area contributed by atoms with Crippen LogP contribution in [0.4, 0.5) is 8.78 Å². The summed E-state index contributed by atoms with van der Waals surface area (Å²) in [6.07, 6.45) is -0.0981. The molecule has 0 radical (unpaired) electrons. The van der Waals surface area contributed by atoms with Crippen molar-refractivity contribution in [3.8, 4) is 0 Å². The Balaban J connectivity index is 2.81. The van der Waals surface area contributed by atoms with E-state index < -0.39 is 17.2 Å². The van der Waals surface area contributed by atoms with Gasteiger partial charge in [-0.1, -0.05) is 6.07 Å². The van der Waals surface area contributed by atoms with Crippen LogP contribution in [-0.4, -0.2) is 18.0 Å². The Hall–Kier alpha value is -1.29. The number of carbonyl (C=O) groups is 1. The van der Waals surface area contributed by atoms with Crippen LogP contribution in [0.2, 0.25) is 0 Å². The number of benzene rings is 1. The van der Waals surface area contributed by atoms with Gasteiger partial charge < -0.3 is 4.74 Å². The molecule has 0 saturated heterocycles. The average molecular weight is 242 g/mol. The van der Waals surface area contributed by atoms with Gasteiger partial charge in [0.25, 0.3) is 0 Å². The van der Waals surface area contributed by atoms with Gasteiger partial charge in [-0.05, 0) is 32.4 Å². The summed E-state index contributed by atoms with van der Waals surface area (Å²) in [6.45, 7) is 5.47. The molecule has 0 aromatic heterocycles. The zero-order chi connectivity index (χ0) is 13.1. The zero-order valence-electron chi connectivity index (χ0n) is 10.2. The maximum atomic E-state index is 13.4. The van der Waals surface area contributed by atoms with Crippen molar-refractivity contribution < 1.29 is 18.3 Å². The fraction of sp³-hybridized carbons (Fsp3) is 0.462. The van der Waals surface area contributed by atoms with Crippen LogP contribution in [0, 0.1) is 11.6 Å². The Morgan fingerprint density at radius 3 is 2.53 bits per heavy atom. The minimum Gasteiger partial charge on any atom is -0.368 e. The van der Waals surface area contributed by atoms with Crippen molar-refractivity contribution in [2.75, 3.05) is 6.61 Å². The lowest BCUT2D eigenvalue weighted by Crippen LogP contribution is -2.36. The molecule has 0 aliphatic rings. The number of hydrogen-bond acceptors (Lipinski definition) is 2. The van der Waals surface area contributed by atoms with Crippen molar-refractivity contribution in [3.05, 3.63) is 35.4 Å². The van der Waals surface area contributed by atoms with Crippen LogP contribution in [0.1, 0.15) is 26.3 Å². The zero-order valence-corrected chi connectivity index (χ0v) is 10.2. The first-order valence-corrected chi connectivity index (χ1v) is 5.48. The van der Waals surface area contributed by atoms with Crippen LogP contribution in [-0.2, 0) is 16.0 Å². The van der Waals surface area contributed by atoms with Crippen LogP contribution in [0.25, 0.3) is 0 Å². The number of carbonyl (C=O) groups excluding carboxylic acids is 1. The summed E-state index contributed by atoms with van der Waals surface area (Å²) < 4.78 is 31.3. The van der Waals surface area contributed by atoms with Crippen molar-refractivity contribution in [1.29, 1.82) is 0 Å². The highest BCUT2D eigenvalue weighted by atomic mass is 19.1. The molecule has 0 spiro atoms. The summed E-state index contributed by atoms with van der Waals surface area (Å²) in [7, 11) is 0. The Morgan fingerprint density at radius 1 is 1.35 bits per heavy atom. The van der Waals surface area contributed by atoms with Gasteiger partial charge in [-0.15, -0.1) is 0 Å². The highest BCUT2D eigenvalue weighted by Crippen LogP contribution is 2.17. The summed E-state index contributed by atoms with van der Waals surface area (Å²) in [6, 6.07) is 3.19. The minimum absolute atomic E-state index is 0.0981. The van der Waals surface area contributed by atoms with Crippen molar-refractivity contribution in [3.63, 3.8) is 0 Å². The van der Waals surface area contributed by atoms with Crippen molar-refractivity contribution in [1.82, 2.24) is 0 Å². The van der Waals surface area contributed by atoms with Gasteiger partial charge in [0.05, 0.1) is 0 Å². The summed E-state index contributed by atoms with van der Waals surface area (Å²) in [4.78, 5) is 11.9. The van der Waals surface area contributed by atoms with Crippen LogP contribution in [0.15, 0.2) is 18.2 Å². The third kappa shape index (κ3) is 3.60. The molecule has 94 valence electrons. The van der Waals surface area contributed by atoms with E-state index in [0.29, 0.717) is 6.61 Å². The predicted octanol–water partition coefficient (Wildman–Crippen LogP) is 2.89. The maximum absolute atomic E-state index is 13.4. The van der Waals surface area contributed by atoms with Gasteiger partial charge in [0.15, 0.2) is 5.78 Å². The predicted molar refractivity (Wildman–Crippen MR) is 60.8 cm³/mol. The first-order valence-electron chi connectivity index (χ1n) is 5.48. The van der Waals surface area contributed by atoms with E-state index in [1.54, 1.807) is 20.8 Å².